The van der Waals surface area contributed by atoms with Crippen LogP contribution in [0.3, 0.4) is 0 Å². The third kappa shape index (κ3) is 5.25. The fourth-order valence-corrected chi connectivity index (χ4v) is 2.16. The highest BCUT2D eigenvalue weighted by atomic mass is 79.9. The summed E-state index contributed by atoms with van der Waals surface area (Å²) in [6.45, 7) is 4.93. The fourth-order valence-electron chi connectivity index (χ4n) is 1.74. The van der Waals surface area contributed by atoms with Gasteiger partial charge in [0.05, 0.1) is 15.9 Å². The molecular weight excluding hydrogens is 358 g/mol. The van der Waals surface area contributed by atoms with Crippen LogP contribution in [-0.4, -0.2) is 46.1 Å². The van der Waals surface area contributed by atoms with E-state index < -0.39 is 0 Å². The van der Waals surface area contributed by atoms with Gasteiger partial charge in [0.25, 0.3) is 5.91 Å². The standard InChI is InChI=1S/C12H20BrN5O2S/c1-8-11(13)9(2)18(15-8)7-10(19)16-17(12(14)21)5-4-6-20-3/h4-7H2,1-3H3,(H2,14,21)(H,16,19). The predicted molar refractivity (Wildman–Crippen MR) is 87.5 cm³/mol. The van der Waals surface area contributed by atoms with Gasteiger partial charge in [0, 0.05) is 20.3 Å². The number of ether oxygens (including phenoxy) is 1. The maximum absolute atomic E-state index is 12.1. The van der Waals surface area contributed by atoms with Crippen LogP contribution in [0.25, 0.3) is 0 Å². The Balaban J connectivity index is 2.61. The Morgan fingerprint density at radius 2 is 2.24 bits per heavy atom. The molecule has 0 aliphatic carbocycles. The van der Waals surface area contributed by atoms with E-state index in [4.69, 9.17) is 22.7 Å². The zero-order valence-electron chi connectivity index (χ0n) is 12.4. The van der Waals surface area contributed by atoms with E-state index in [1.54, 1.807) is 11.8 Å². The number of nitrogens with two attached hydrogens (primary N) is 1. The number of hydrogen-bond donors (Lipinski definition) is 2. The van der Waals surface area contributed by atoms with Crippen molar-refractivity contribution < 1.29 is 9.53 Å². The topological polar surface area (TPSA) is 85.4 Å². The van der Waals surface area contributed by atoms with Crippen molar-refractivity contribution in [2.45, 2.75) is 26.8 Å². The summed E-state index contributed by atoms with van der Waals surface area (Å²) in [5, 5.41) is 5.84. The number of thiocarbonyl (C=S) groups is 1. The molecule has 0 fully saturated rings. The van der Waals surface area contributed by atoms with E-state index in [2.05, 4.69) is 26.5 Å². The molecule has 1 amide bonds. The van der Waals surface area contributed by atoms with E-state index >= 15 is 0 Å². The number of hydrazine groups is 1. The first-order valence-corrected chi connectivity index (χ1v) is 7.61. The molecular formula is C12H20BrN5O2S. The second-order valence-corrected chi connectivity index (χ2v) is 5.72. The van der Waals surface area contributed by atoms with Gasteiger partial charge < -0.3 is 10.5 Å². The number of amides is 1. The lowest BCUT2D eigenvalue weighted by atomic mass is 10.4. The Kier molecular flexibility index (Phi) is 7.06. The Hall–Kier alpha value is -1.19. The monoisotopic (exact) mass is 377 g/mol. The average molecular weight is 378 g/mol. The molecule has 0 aromatic carbocycles. The fraction of sp³-hybridized carbons (Fsp3) is 0.583. The molecule has 7 nitrogen and oxygen atoms in total. The minimum atomic E-state index is -0.238. The summed E-state index contributed by atoms with van der Waals surface area (Å²) in [5.41, 5.74) is 10.00. The van der Waals surface area contributed by atoms with Crippen molar-refractivity contribution >= 4 is 39.2 Å². The van der Waals surface area contributed by atoms with E-state index in [0.717, 1.165) is 15.9 Å². The third-order valence-electron chi connectivity index (χ3n) is 2.84. The number of hydrogen-bond acceptors (Lipinski definition) is 4. The van der Waals surface area contributed by atoms with Gasteiger partial charge in [-0.05, 0) is 48.4 Å². The van der Waals surface area contributed by atoms with Crippen molar-refractivity contribution in [3.8, 4) is 0 Å². The van der Waals surface area contributed by atoms with Crippen LogP contribution in [-0.2, 0) is 16.1 Å². The van der Waals surface area contributed by atoms with Crippen molar-refractivity contribution in [1.29, 1.82) is 0 Å². The van der Waals surface area contributed by atoms with Crippen LogP contribution >= 0.6 is 28.1 Å². The Morgan fingerprint density at radius 1 is 1.57 bits per heavy atom. The number of nitrogens with one attached hydrogen (secondary N) is 1. The quantitative estimate of drug-likeness (QED) is 0.434. The van der Waals surface area contributed by atoms with Gasteiger partial charge in [0.1, 0.15) is 6.54 Å². The molecule has 0 saturated carbocycles. The molecule has 0 aliphatic rings. The van der Waals surface area contributed by atoms with E-state index in [9.17, 15) is 4.79 Å². The molecule has 0 radical (unpaired) electrons. The van der Waals surface area contributed by atoms with Crippen LogP contribution < -0.4 is 11.2 Å². The van der Waals surface area contributed by atoms with Gasteiger partial charge in [0.2, 0.25) is 0 Å². The molecule has 0 saturated heterocycles. The number of carbonyl (C=O) groups is 1. The first kappa shape index (κ1) is 17.9. The first-order valence-electron chi connectivity index (χ1n) is 6.41. The number of methoxy groups -OCH3 is 1. The molecule has 1 heterocycles. The van der Waals surface area contributed by atoms with E-state index in [-0.39, 0.29) is 17.6 Å². The highest BCUT2D eigenvalue weighted by molar-refractivity contribution is 9.10. The normalized spacial score (nSPS) is 10.5. The maximum atomic E-state index is 12.1. The summed E-state index contributed by atoms with van der Waals surface area (Å²) in [4.78, 5) is 12.1. The molecule has 118 valence electrons. The number of halogens is 1. The van der Waals surface area contributed by atoms with Crippen molar-refractivity contribution in [2.75, 3.05) is 20.3 Å². The summed E-state index contributed by atoms with van der Waals surface area (Å²) in [6.07, 6.45) is 0.708. The SMILES string of the molecule is COCCCN(NC(=O)Cn1nc(C)c(Br)c1C)C(N)=S. The summed E-state index contributed by atoms with van der Waals surface area (Å²) in [5.74, 6) is -0.238. The Bertz CT molecular complexity index is 520. The van der Waals surface area contributed by atoms with Crippen molar-refractivity contribution in [3.63, 3.8) is 0 Å². The maximum Gasteiger partial charge on any atom is 0.260 e. The average Bonchev–Trinajstić information content (AvgIpc) is 2.65. The minimum Gasteiger partial charge on any atom is -0.385 e. The second kappa shape index (κ2) is 8.30. The molecule has 0 spiro atoms. The van der Waals surface area contributed by atoms with E-state index in [1.807, 2.05) is 13.8 Å². The zero-order chi connectivity index (χ0) is 16.0. The number of rotatable bonds is 6. The lowest BCUT2D eigenvalue weighted by Gasteiger charge is -2.23. The van der Waals surface area contributed by atoms with Crippen LogP contribution in [0.5, 0.6) is 0 Å². The largest absolute Gasteiger partial charge is 0.385 e. The third-order valence-corrected chi connectivity index (χ3v) is 4.21. The van der Waals surface area contributed by atoms with Crippen LogP contribution in [0.4, 0.5) is 0 Å². The lowest BCUT2D eigenvalue weighted by molar-refractivity contribution is -0.125. The van der Waals surface area contributed by atoms with Gasteiger partial charge >= 0.3 is 0 Å². The molecule has 21 heavy (non-hydrogen) atoms. The van der Waals surface area contributed by atoms with E-state index in [1.165, 1.54) is 5.01 Å². The van der Waals surface area contributed by atoms with Crippen molar-refractivity contribution in [3.05, 3.63) is 15.9 Å². The number of aromatic nitrogens is 2. The van der Waals surface area contributed by atoms with Crippen molar-refractivity contribution in [2.24, 2.45) is 5.73 Å². The van der Waals surface area contributed by atoms with Crippen LogP contribution in [0, 0.1) is 13.8 Å². The second-order valence-electron chi connectivity index (χ2n) is 4.51. The highest BCUT2D eigenvalue weighted by Crippen LogP contribution is 2.19. The predicted octanol–water partition coefficient (Wildman–Crippen LogP) is 0.876. The smallest absolute Gasteiger partial charge is 0.260 e. The molecule has 3 N–H and O–H groups in total. The summed E-state index contributed by atoms with van der Waals surface area (Å²) in [7, 11) is 1.62. The molecule has 1 aromatic heterocycles. The number of aryl methyl sites for hydroxylation is 1. The molecule has 0 unspecified atom stereocenters. The Labute approximate surface area is 137 Å². The summed E-state index contributed by atoms with van der Waals surface area (Å²) < 4.78 is 7.49. The summed E-state index contributed by atoms with van der Waals surface area (Å²) in [6, 6.07) is 0. The summed E-state index contributed by atoms with van der Waals surface area (Å²) >= 11 is 8.34. The molecule has 9 heteroatoms. The van der Waals surface area contributed by atoms with Gasteiger partial charge in [-0.25, -0.2) is 0 Å². The molecule has 0 aliphatic heterocycles. The molecule has 1 aromatic rings. The van der Waals surface area contributed by atoms with Crippen LogP contribution in [0.15, 0.2) is 4.47 Å². The molecule has 0 bridgehead atoms. The van der Waals surface area contributed by atoms with Gasteiger partial charge in [-0.15, -0.1) is 0 Å². The first-order chi connectivity index (χ1) is 9.86. The van der Waals surface area contributed by atoms with Gasteiger partial charge in [-0.1, -0.05) is 0 Å². The van der Waals surface area contributed by atoms with Gasteiger partial charge in [0.15, 0.2) is 5.11 Å². The minimum absolute atomic E-state index is 0.0989. The number of nitrogens with zero attached hydrogens (tertiary/aromatic N) is 3. The Morgan fingerprint density at radius 3 is 2.71 bits per heavy atom. The van der Waals surface area contributed by atoms with E-state index in [0.29, 0.717) is 19.6 Å². The highest BCUT2D eigenvalue weighted by Gasteiger charge is 2.14. The number of carbonyl (C=O) groups excluding carboxylic acids is 1. The van der Waals surface area contributed by atoms with Gasteiger partial charge in [-0.2, -0.15) is 5.10 Å². The van der Waals surface area contributed by atoms with Crippen LogP contribution in [0.1, 0.15) is 17.8 Å². The lowest BCUT2D eigenvalue weighted by Crippen LogP contribution is -2.50. The van der Waals surface area contributed by atoms with Crippen LogP contribution in [0.2, 0.25) is 0 Å². The molecule has 0 atom stereocenters. The zero-order valence-corrected chi connectivity index (χ0v) is 14.8. The van der Waals surface area contributed by atoms with Crippen molar-refractivity contribution in [1.82, 2.24) is 20.2 Å². The van der Waals surface area contributed by atoms with Gasteiger partial charge in [-0.3, -0.25) is 19.9 Å². The molecule has 1 rings (SSSR count).